The zero-order chi connectivity index (χ0) is 22.9. The molecule has 0 spiro atoms. The van der Waals surface area contributed by atoms with Crippen LogP contribution in [0.25, 0.3) is 0 Å². The number of guanidine groups is 1. The molecule has 3 rings (SSSR count). The van der Waals surface area contributed by atoms with Gasteiger partial charge in [0.25, 0.3) is 5.91 Å². The molecular weight excluding hydrogens is 404 g/mol. The number of carbonyl (C=O) groups excluding carboxylic acids is 1. The van der Waals surface area contributed by atoms with Gasteiger partial charge in [-0.25, -0.2) is 4.99 Å². The summed E-state index contributed by atoms with van der Waals surface area (Å²) in [4.78, 5) is 21.6. The van der Waals surface area contributed by atoms with Crippen molar-refractivity contribution in [2.45, 2.75) is 26.3 Å². The second-order valence-corrected chi connectivity index (χ2v) is 7.45. The maximum atomic E-state index is 12.9. The molecule has 1 aromatic heterocycles. The van der Waals surface area contributed by atoms with Gasteiger partial charge in [-0.2, -0.15) is 0 Å². The summed E-state index contributed by atoms with van der Waals surface area (Å²) < 4.78 is 10.6. The smallest absolute Gasteiger partial charge is 0.258 e. The first-order chi connectivity index (χ1) is 15.5. The van der Waals surface area contributed by atoms with Crippen molar-refractivity contribution in [3.63, 3.8) is 0 Å². The Labute approximate surface area is 188 Å². The number of nitrogens with zero attached hydrogens (tertiary/aromatic N) is 2. The molecule has 1 heterocycles. The summed E-state index contributed by atoms with van der Waals surface area (Å²) in [6.45, 7) is 4.66. The molecule has 0 saturated heterocycles. The maximum absolute atomic E-state index is 12.9. The average Bonchev–Trinajstić information content (AvgIpc) is 2.83. The number of hydrogen-bond donors (Lipinski definition) is 2. The van der Waals surface area contributed by atoms with E-state index in [1.807, 2.05) is 24.3 Å². The molecule has 2 aromatic carbocycles. The zero-order valence-corrected chi connectivity index (χ0v) is 18.8. The molecular formula is C25H28N4O3. The number of nitrogens with one attached hydrogen (secondary N) is 2. The van der Waals surface area contributed by atoms with Crippen molar-refractivity contribution in [3.8, 4) is 11.5 Å². The van der Waals surface area contributed by atoms with E-state index in [1.165, 1.54) is 12.7 Å². The van der Waals surface area contributed by atoms with Gasteiger partial charge in [0, 0.05) is 23.6 Å². The number of methoxy groups -OCH3 is 2. The number of rotatable bonds is 7. The van der Waals surface area contributed by atoms with Gasteiger partial charge in [-0.3, -0.25) is 15.1 Å². The van der Waals surface area contributed by atoms with E-state index < -0.39 is 0 Å². The van der Waals surface area contributed by atoms with Gasteiger partial charge >= 0.3 is 0 Å². The molecule has 7 heteroatoms. The Hall–Kier alpha value is -3.87. The monoisotopic (exact) mass is 432 g/mol. The predicted octanol–water partition coefficient (Wildman–Crippen LogP) is 4.62. The Bertz CT molecular complexity index is 1060. The number of anilines is 1. The van der Waals surface area contributed by atoms with Gasteiger partial charge < -0.3 is 14.8 Å². The topological polar surface area (TPSA) is 84.8 Å². The summed E-state index contributed by atoms with van der Waals surface area (Å²) >= 11 is 0. The SMILES string of the molecule is COc1ccc(C(=O)NC(=NCc2cccnc2)Nc2ccc(C(C)C)cc2)cc1OC. The first-order valence-electron chi connectivity index (χ1n) is 10.3. The van der Waals surface area contributed by atoms with Crippen LogP contribution < -0.4 is 20.1 Å². The predicted molar refractivity (Wildman–Crippen MR) is 127 cm³/mol. The quantitative estimate of drug-likeness (QED) is 0.420. The van der Waals surface area contributed by atoms with Crippen LogP contribution in [0.15, 0.2) is 72.0 Å². The van der Waals surface area contributed by atoms with Crippen molar-refractivity contribution < 1.29 is 14.3 Å². The number of hydrogen-bond acceptors (Lipinski definition) is 5. The lowest BCUT2D eigenvalue weighted by molar-refractivity contribution is 0.0976. The minimum Gasteiger partial charge on any atom is -0.493 e. The van der Waals surface area contributed by atoms with Crippen LogP contribution in [-0.2, 0) is 6.54 Å². The van der Waals surface area contributed by atoms with Crippen molar-refractivity contribution in [1.82, 2.24) is 10.3 Å². The molecule has 0 atom stereocenters. The lowest BCUT2D eigenvalue weighted by atomic mass is 10.0. The van der Waals surface area contributed by atoms with E-state index in [1.54, 1.807) is 37.7 Å². The largest absolute Gasteiger partial charge is 0.493 e. The average molecular weight is 433 g/mol. The molecule has 0 unspecified atom stereocenters. The number of carbonyl (C=O) groups is 1. The van der Waals surface area contributed by atoms with Crippen LogP contribution in [0.5, 0.6) is 11.5 Å². The number of benzene rings is 2. The normalized spacial score (nSPS) is 11.2. The lowest BCUT2D eigenvalue weighted by Crippen LogP contribution is -2.36. The summed E-state index contributed by atoms with van der Waals surface area (Å²) in [5, 5.41) is 6.07. The summed E-state index contributed by atoms with van der Waals surface area (Å²) in [7, 11) is 3.08. The fraction of sp³-hybridized carbons (Fsp3) is 0.240. The number of aliphatic imine (C=N–C) groups is 1. The van der Waals surface area contributed by atoms with Crippen LogP contribution >= 0.6 is 0 Å². The minimum absolute atomic E-state index is 0.317. The highest BCUT2D eigenvalue weighted by Gasteiger charge is 2.13. The Morgan fingerprint density at radius 3 is 2.41 bits per heavy atom. The van der Waals surface area contributed by atoms with Gasteiger partial charge in [0.15, 0.2) is 11.5 Å². The fourth-order valence-corrected chi connectivity index (χ4v) is 3.02. The maximum Gasteiger partial charge on any atom is 0.258 e. The second-order valence-electron chi connectivity index (χ2n) is 7.45. The highest BCUT2D eigenvalue weighted by molar-refractivity contribution is 6.10. The molecule has 0 saturated carbocycles. The molecule has 0 aliphatic heterocycles. The molecule has 32 heavy (non-hydrogen) atoms. The van der Waals surface area contributed by atoms with Gasteiger partial charge in [-0.15, -0.1) is 0 Å². The van der Waals surface area contributed by atoms with E-state index in [-0.39, 0.29) is 5.91 Å². The minimum atomic E-state index is -0.317. The number of pyridine rings is 1. The van der Waals surface area contributed by atoms with Gasteiger partial charge in [0.1, 0.15) is 0 Å². The van der Waals surface area contributed by atoms with E-state index >= 15 is 0 Å². The van der Waals surface area contributed by atoms with E-state index in [0.717, 1.165) is 11.3 Å². The third kappa shape index (κ3) is 6.07. The lowest BCUT2D eigenvalue weighted by Gasteiger charge is -2.14. The van der Waals surface area contributed by atoms with Crippen molar-refractivity contribution in [2.24, 2.45) is 4.99 Å². The van der Waals surface area contributed by atoms with E-state index in [0.29, 0.717) is 35.5 Å². The molecule has 2 N–H and O–H groups in total. The van der Waals surface area contributed by atoms with E-state index in [9.17, 15) is 4.79 Å². The van der Waals surface area contributed by atoms with Gasteiger partial charge in [0.2, 0.25) is 5.96 Å². The molecule has 0 fully saturated rings. The second kappa shape index (κ2) is 10.9. The molecule has 0 aliphatic carbocycles. The summed E-state index contributed by atoms with van der Waals surface area (Å²) in [5.41, 5.74) is 3.42. The Morgan fingerprint density at radius 1 is 1.03 bits per heavy atom. The van der Waals surface area contributed by atoms with Gasteiger partial charge in [0.05, 0.1) is 20.8 Å². The first kappa shape index (κ1) is 22.8. The van der Waals surface area contributed by atoms with Gasteiger partial charge in [-0.1, -0.05) is 32.0 Å². The van der Waals surface area contributed by atoms with Crippen LogP contribution in [0.2, 0.25) is 0 Å². The number of aromatic nitrogens is 1. The van der Waals surface area contributed by atoms with Crippen LogP contribution in [0.3, 0.4) is 0 Å². The van der Waals surface area contributed by atoms with Crippen LogP contribution in [0, 0.1) is 0 Å². The van der Waals surface area contributed by atoms with Crippen molar-refractivity contribution >= 4 is 17.6 Å². The molecule has 0 radical (unpaired) electrons. The molecule has 166 valence electrons. The molecule has 0 aliphatic rings. The first-order valence-corrected chi connectivity index (χ1v) is 10.3. The highest BCUT2D eigenvalue weighted by atomic mass is 16.5. The number of ether oxygens (including phenoxy) is 2. The molecule has 3 aromatic rings. The van der Waals surface area contributed by atoms with E-state index in [2.05, 4.69) is 46.6 Å². The molecule has 1 amide bonds. The Balaban J connectivity index is 1.82. The number of amides is 1. The van der Waals surface area contributed by atoms with Crippen LogP contribution in [0.4, 0.5) is 5.69 Å². The van der Waals surface area contributed by atoms with Crippen LogP contribution in [-0.4, -0.2) is 31.1 Å². The summed E-state index contributed by atoms with van der Waals surface area (Å²) in [6, 6.07) is 16.8. The van der Waals surface area contributed by atoms with Crippen LogP contribution in [0.1, 0.15) is 41.3 Å². The molecule has 0 bridgehead atoms. The summed E-state index contributed by atoms with van der Waals surface area (Å²) in [6.07, 6.45) is 3.45. The van der Waals surface area contributed by atoms with Crippen molar-refractivity contribution in [3.05, 3.63) is 83.7 Å². The standard InChI is InChI=1S/C25H28N4O3/c1-17(2)19-7-10-21(11-8-19)28-25(27-16-18-6-5-13-26-15-18)29-24(30)20-9-12-22(31-3)23(14-20)32-4/h5-15,17H,16H2,1-4H3,(H2,27,28,29,30). The zero-order valence-electron chi connectivity index (χ0n) is 18.8. The van der Waals surface area contributed by atoms with E-state index in [4.69, 9.17) is 9.47 Å². The Morgan fingerprint density at radius 2 is 1.78 bits per heavy atom. The fourth-order valence-electron chi connectivity index (χ4n) is 3.02. The molecule has 7 nitrogen and oxygen atoms in total. The highest BCUT2D eigenvalue weighted by Crippen LogP contribution is 2.27. The van der Waals surface area contributed by atoms with Gasteiger partial charge in [-0.05, 0) is 53.4 Å². The Kier molecular flexibility index (Phi) is 7.80. The van der Waals surface area contributed by atoms with Crippen molar-refractivity contribution in [1.29, 1.82) is 0 Å². The summed E-state index contributed by atoms with van der Waals surface area (Å²) in [5.74, 6) is 1.49. The third-order valence-electron chi connectivity index (χ3n) is 4.86. The third-order valence-corrected chi connectivity index (χ3v) is 4.86. The van der Waals surface area contributed by atoms with Crippen molar-refractivity contribution in [2.75, 3.05) is 19.5 Å².